The van der Waals surface area contributed by atoms with Gasteiger partial charge in [0.05, 0.1) is 12.0 Å². The summed E-state index contributed by atoms with van der Waals surface area (Å²) in [6.45, 7) is 0.553. The van der Waals surface area contributed by atoms with Crippen LogP contribution in [-0.2, 0) is 20.1 Å². The van der Waals surface area contributed by atoms with Crippen LogP contribution in [0.2, 0.25) is 0 Å². The van der Waals surface area contributed by atoms with Crippen LogP contribution in [-0.4, -0.2) is 15.8 Å². The number of hydrogen-bond acceptors (Lipinski definition) is 3. The van der Waals surface area contributed by atoms with Crippen molar-refractivity contribution in [3.05, 3.63) is 83.4 Å². The normalized spacial score (nSPS) is 10.5. The number of benzene rings is 2. The quantitative estimate of drug-likeness (QED) is 0.656. The molecule has 116 valence electrons. The second-order valence-electron chi connectivity index (χ2n) is 5.40. The van der Waals surface area contributed by atoms with Crippen LogP contribution in [0.1, 0.15) is 27.3 Å². The largest absolute Gasteiger partial charge is 0.489 e. The molecular weight excluding hydrogens is 288 g/mol. The highest BCUT2D eigenvalue weighted by atomic mass is 16.5. The molecule has 0 fully saturated rings. The minimum absolute atomic E-state index is 0.497. The SMILES string of the molecule is Cn1cnc(C=O)c1Cc1ccc(OCc2ccccc2)cc1. The first-order valence-corrected chi connectivity index (χ1v) is 7.47. The van der Waals surface area contributed by atoms with Crippen molar-refractivity contribution in [2.45, 2.75) is 13.0 Å². The Morgan fingerprint density at radius 1 is 1.04 bits per heavy atom. The Morgan fingerprint density at radius 2 is 1.78 bits per heavy atom. The van der Waals surface area contributed by atoms with Crippen LogP contribution in [0.25, 0.3) is 0 Å². The maximum Gasteiger partial charge on any atom is 0.170 e. The molecule has 4 nitrogen and oxygen atoms in total. The zero-order valence-corrected chi connectivity index (χ0v) is 13.0. The van der Waals surface area contributed by atoms with Crippen LogP contribution >= 0.6 is 0 Å². The van der Waals surface area contributed by atoms with Gasteiger partial charge in [-0.3, -0.25) is 4.79 Å². The van der Waals surface area contributed by atoms with Crippen molar-refractivity contribution < 1.29 is 9.53 Å². The molecular formula is C19H18N2O2. The molecule has 1 heterocycles. The number of ether oxygens (including phenoxy) is 1. The lowest BCUT2D eigenvalue weighted by Crippen LogP contribution is -2.00. The summed E-state index contributed by atoms with van der Waals surface area (Å²) in [6.07, 6.45) is 3.13. The molecule has 0 aliphatic heterocycles. The van der Waals surface area contributed by atoms with Crippen molar-refractivity contribution in [3.8, 4) is 5.75 Å². The molecule has 3 rings (SSSR count). The smallest absolute Gasteiger partial charge is 0.170 e. The predicted octanol–water partition coefficient (Wildman–Crippen LogP) is 3.40. The first-order chi connectivity index (χ1) is 11.3. The number of carbonyl (C=O) groups is 1. The second-order valence-corrected chi connectivity index (χ2v) is 5.40. The van der Waals surface area contributed by atoms with Gasteiger partial charge < -0.3 is 9.30 Å². The lowest BCUT2D eigenvalue weighted by Gasteiger charge is -2.08. The van der Waals surface area contributed by atoms with Crippen LogP contribution in [0, 0.1) is 0 Å². The molecule has 0 bridgehead atoms. The van der Waals surface area contributed by atoms with Crippen molar-refractivity contribution in [2.75, 3.05) is 0 Å². The minimum Gasteiger partial charge on any atom is -0.489 e. The van der Waals surface area contributed by atoms with Gasteiger partial charge in [-0.2, -0.15) is 0 Å². The minimum atomic E-state index is 0.497. The van der Waals surface area contributed by atoms with Crippen molar-refractivity contribution in [1.82, 2.24) is 9.55 Å². The van der Waals surface area contributed by atoms with E-state index in [1.165, 1.54) is 0 Å². The van der Waals surface area contributed by atoms with Crippen LogP contribution in [0.4, 0.5) is 0 Å². The van der Waals surface area contributed by atoms with Crippen molar-refractivity contribution in [3.63, 3.8) is 0 Å². The third kappa shape index (κ3) is 3.66. The fourth-order valence-electron chi connectivity index (χ4n) is 2.43. The zero-order valence-electron chi connectivity index (χ0n) is 13.0. The number of aromatic nitrogens is 2. The molecule has 0 aliphatic rings. The molecule has 4 heteroatoms. The highest BCUT2D eigenvalue weighted by Crippen LogP contribution is 2.17. The first-order valence-electron chi connectivity index (χ1n) is 7.47. The lowest BCUT2D eigenvalue weighted by molar-refractivity contribution is 0.111. The van der Waals surface area contributed by atoms with E-state index in [0.717, 1.165) is 28.9 Å². The number of aryl methyl sites for hydroxylation is 1. The lowest BCUT2D eigenvalue weighted by atomic mass is 10.1. The Kier molecular flexibility index (Phi) is 4.52. The summed E-state index contributed by atoms with van der Waals surface area (Å²) in [7, 11) is 1.90. The molecule has 0 atom stereocenters. The van der Waals surface area contributed by atoms with Gasteiger partial charge in [0.15, 0.2) is 6.29 Å². The van der Waals surface area contributed by atoms with Crippen LogP contribution < -0.4 is 4.74 Å². The predicted molar refractivity (Wildman–Crippen MR) is 88.6 cm³/mol. The second kappa shape index (κ2) is 6.92. The van der Waals surface area contributed by atoms with Crippen LogP contribution in [0.5, 0.6) is 5.75 Å². The van der Waals surface area contributed by atoms with Gasteiger partial charge in [-0.25, -0.2) is 4.98 Å². The molecule has 23 heavy (non-hydrogen) atoms. The van der Waals surface area contributed by atoms with Gasteiger partial charge in [0.2, 0.25) is 0 Å². The van der Waals surface area contributed by atoms with Gasteiger partial charge in [-0.15, -0.1) is 0 Å². The molecule has 0 aliphatic carbocycles. The molecule has 0 saturated carbocycles. The van der Waals surface area contributed by atoms with E-state index >= 15 is 0 Å². The molecule has 3 aromatic rings. The van der Waals surface area contributed by atoms with Gasteiger partial charge in [-0.1, -0.05) is 42.5 Å². The molecule has 2 aromatic carbocycles. The van der Waals surface area contributed by atoms with Gasteiger partial charge in [0.1, 0.15) is 18.1 Å². The molecule has 0 spiro atoms. The third-order valence-corrected chi connectivity index (χ3v) is 3.75. The van der Waals surface area contributed by atoms with Crippen LogP contribution in [0.15, 0.2) is 60.9 Å². The fraction of sp³-hybridized carbons (Fsp3) is 0.158. The molecule has 0 saturated heterocycles. The van der Waals surface area contributed by atoms with Crippen molar-refractivity contribution >= 4 is 6.29 Å². The summed E-state index contributed by atoms with van der Waals surface area (Å²) in [4.78, 5) is 15.1. The first kappa shape index (κ1) is 15.0. The van der Waals surface area contributed by atoms with E-state index in [1.54, 1.807) is 6.33 Å². The molecule has 1 aromatic heterocycles. The Hall–Kier alpha value is -2.88. The number of aldehydes is 1. The van der Waals surface area contributed by atoms with E-state index in [-0.39, 0.29) is 0 Å². The Morgan fingerprint density at radius 3 is 2.48 bits per heavy atom. The summed E-state index contributed by atoms with van der Waals surface area (Å²) in [5, 5.41) is 0. The summed E-state index contributed by atoms with van der Waals surface area (Å²) < 4.78 is 7.66. The average Bonchev–Trinajstić information content (AvgIpc) is 2.95. The van der Waals surface area contributed by atoms with E-state index in [0.29, 0.717) is 18.7 Å². The van der Waals surface area contributed by atoms with E-state index < -0.39 is 0 Å². The van der Waals surface area contributed by atoms with Crippen molar-refractivity contribution in [2.24, 2.45) is 7.05 Å². The maximum atomic E-state index is 11.0. The molecule has 0 radical (unpaired) electrons. The summed E-state index contributed by atoms with van der Waals surface area (Å²) >= 11 is 0. The van der Waals surface area contributed by atoms with Gasteiger partial charge in [-0.05, 0) is 23.3 Å². The third-order valence-electron chi connectivity index (χ3n) is 3.75. The number of carbonyl (C=O) groups excluding carboxylic acids is 1. The number of rotatable bonds is 6. The number of hydrogen-bond donors (Lipinski definition) is 0. The summed E-state index contributed by atoms with van der Waals surface area (Å²) in [5.74, 6) is 0.832. The molecule has 0 N–H and O–H groups in total. The van der Waals surface area contributed by atoms with Gasteiger partial charge in [0.25, 0.3) is 0 Å². The Balaban J connectivity index is 1.65. The van der Waals surface area contributed by atoms with Crippen LogP contribution in [0.3, 0.4) is 0 Å². The van der Waals surface area contributed by atoms with E-state index in [4.69, 9.17) is 4.74 Å². The topological polar surface area (TPSA) is 44.1 Å². The zero-order chi connectivity index (χ0) is 16.1. The van der Waals surface area contributed by atoms with E-state index in [9.17, 15) is 4.79 Å². The standard InChI is InChI=1S/C19H18N2O2/c1-21-14-20-18(12-22)19(21)11-15-7-9-17(10-8-15)23-13-16-5-3-2-4-6-16/h2-10,12,14H,11,13H2,1H3. The monoisotopic (exact) mass is 306 g/mol. The van der Waals surface area contributed by atoms with Gasteiger partial charge in [0, 0.05) is 13.5 Å². The van der Waals surface area contributed by atoms with E-state index in [2.05, 4.69) is 4.98 Å². The Bertz CT molecular complexity index is 777. The van der Waals surface area contributed by atoms with Crippen molar-refractivity contribution in [1.29, 1.82) is 0 Å². The number of nitrogens with zero attached hydrogens (tertiary/aromatic N) is 2. The van der Waals surface area contributed by atoms with Gasteiger partial charge >= 0.3 is 0 Å². The highest BCUT2D eigenvalue weighted by molar-refractivity contribution is 5.73. The molecule has 0 unspecified atom stereocenters. The Labute approximate surface area is 135 Å². The summed E-state index contributed by atoms with van der Waals surface area (Å²) in [6, 6.07) is 18.0. The summed E-state index contributed by atoms with van der Waals surface area (Å²) in [5.41, 5.74) is 3.67. The maximum absolute atomic E-state index is 11.0. The average molecular weight is 306 g/mol. The molecule has 0 amide bonds. The highest BCUT2D eigenvalue weighted by Gasteiger charge is 2.08. The van der Waals surface area contributed by atoms with E-state index in [1.807, 2.05) is 66.2 Å². The number of imidazole rings is 1. The fourth-order valence-corrected chi connectivity index (χ4v) is 2.43.